The minimum atomic E-state index is -4.18. The van der Waals surface area contributed by atoms with Crippen molar-refractivity contribution < 1.29 is 27.2 Å². The van der Waals surface area contributed by atoms with Crippen LogP contribution in [0.2, 0.25) is 0 Å². The van der Waals surface area contributed by atoms with Crippen molar-refractivity contribution in [3.63, 3.8) is 0 Å². The van der Waals surface area contributed by atoms with Crippen molar-refractivity contribution >= 4 is 33.6 Å². The topological polar surface area (TPSA) is 116 Å². The lowest BCUT2D eigenvalue weighted by molar-refractivity contribution is -0.126. The summed E-state index contributed by atoms with van der Waals surface area (Å²) in [4.78, 5) is 38.8. The summed E-state index contributed by atoms with van der Waals surface area (Å²) in [5.41, 5.74) is 0.338. The average molecular weight is 446 g/mol. The van der Waals surface area contributed by atoms with Crippen LogP contribution in [0.3, 0.4) is 0 Å². The van der Waals surface area contributed by atoms with Crippen molar-refractivity contribution in [2.45, 2.75) is 17.4 Å². The second-order valence-electron chi connectivity index (χ2n) is 7.23. The van der Waals surface area contributed by atoms with E-state index in [0.29, 0.717) is 13.0 Å². The first-order valence-electron chi connectivity index (χ1n) is 9.53. The van der Waals surface area contributed by atoms with Crippen LogP contribution in [0, 0.1) is 5.82 Å². The highest BCUT2D eigenvalue weighted by Gasteiger charge is 2.39. The van der Waals surface area contributed by atoms with E-state index in [0.717, 1.165) is 17.0 Å². The number of urea groups is 1. The fourth-order valence-corrected chi connectivity index (χ4v) is 4.84. The van der Waals surface area contributed by atoms with Gasteiger partial charge in [-0.3, -0.25) is 19.2 Å². The van der Waals surface area contributed by atoms with Gasteiger partial charge in [-0.15, -0.1) is 0 Å². The molecule has 2 aromatic carbocycles. The molecule has 0 bridgehead atoms. The third-order valence-electron chi connectivity index (χ3n) is 5.18. The zero-order valence-corrected chi connectivity index (χ0v) is 17.1. The fourth-order valence-electron chi connectivity index (χ4n) is 3.71. The van der Waals surface area contributed by atoms with Gasteiger partial charge in [0.2, 0.25) is 5.91 Å². The number of nitrogens with zero attached hydrogens (tertiary/aromatic N) is 2. The number of hydrogen-bond donors (Lipinski definition) is 2. The number of rotatable bonds is 5. The summed E-state index contributed by atoms with van der Waals surface area (Å²) >= 11 is 0. The molecule has 9 nitrogen and oxygen atoms in total. The molecule has 2 heterocycles. The molecular weight excluding hydrogens is 427 g/mol. The van der Waals surface area contributed by atoms with Crippen molar-refractivity contribution in [3.05, 3.63) is 59.9 Å². The average Bonchev–Trinajstić information content (AvgIpc) is 3.33. The van der Waals surface area contributed by atoms with Gasteiger partial charge < -0.3 is 10.2 Å². The lowest BCUT2D eigenvalue weighted by Crippen LogP contribution is -2.42. The summed E-state index contributed by atoms with van der Waals surface area (Å²) in [7, 11) is -4.18. The maximum atomic E-state index is 13.9. The zero-order valence-electron chi connectivity index (χ0n) is 16.2. The first-order chi connectivity index (χ1) is 14.8. The number of anilines is 1. The predicted octanol–water partition coefficient (Wildman–Crippen LogP) is 1.39. The Morgan fingerprint density at radius 1 is 1.13 bits per heavy atom. The van der Waals surface area contributed by atoms with Gasteiger partial charge >= 0.3 is 6.03 Å². The molecular formula is C20H19FN4O5S. The van der Waals surface area contributed by atoms with E-state index in [9.17, 15) is 27.2 Å². The SMILES string of the molecule is O=C(c1cccc(NS(=O)(=O)c2ccccc2F)c1)N1CCC(N2C(=O)CNC2=O)C1. The molecule has 2 aliphatic heterocycles. The quantitative estimate of drug-likeness (QED) is 0.674. The highest BCUT2D eigenvalue weighted by Crippen LogP contribution is 2.23. The van der Waals surface area contributed by atoms with Gasteiger partial charge in [0.15, 0.2) is 0 Å². The number of likely N-dealkylation sites (tertiary alicyclic amines) is 1. The Bertz CT molecular complexity index is 1150. The number of halogens is 1. The summed E-state index contributed by atoms with van der Waals surface area (Å²) in [6, 6.07) is 9.98. The first-order valence-corrected chi connectivity index (χ1v) is 11.0. The van der Waals surface area contributed by atoms with Gasteiger partial charge in [0, 0.05) is 24.3 Å². The maximum absolute atomic E-state index is 13.9. The molecule has 0 saturated carbocycles. The van der Waals surface area contributed by atoms with E-state index >= 15 is 0 Å². The van der Waals surface area contributed by atoms with E-state index in [1.165, 1.54) is 41.3 Å². The summed E-state index contributed by atoms with van der Waals surface area (Å²) in [6.07, 6.45) is 0.463. The monoisotopic (exact) mass is 446 g/mol. The van der Waals surface area contributed by atoms with Gasteiger partial charge in [0.1, 0.15) is 10.7 Å². The molecule has 2 fully saturated rings. The second-order valence-corrected chi connectivity index (χ2v) is 8.88. The first kappa shape index (κ1) is 20.8. The molecule has 1 unspecified atom stereocenters. The van der Waals surface area contributed by atoms with E-state index in [4.69, 9.17) is 0 Å². The van der Waals surface area contributed by atoms with E-state index < -0.39 is 32.8 Å². The summed E-state index contributed by atoms with van der Waals surface area (Å²) in [5, 5.41) is 2.46. The Kier molecular flexibility index (Phi) is 5.36. The van der Waals surface area contributed by atoms with Crippen LogP contribution in [0.4, 0.5) is 14.9 Å². The van der Waals surface area contributed by atoms with Crippen LogP contribution in [-0.2, 0) is 14.8 Å². The van der Waals surface area contributed by atoms with E-state index in [1.807, 2.05) is 0 Å². The number of benzene rings is 2. The zero-order chi connectivity index (χ0) is 22.2. The second kappa shape index (κ2) is 7.99. The molecule has 11 heteroatoms. The number of carbonyl (C=O) groups is 3. The standard InChI is InChI=1S/C20H19FN4O5S/c21-16-6-1-2-7-17(16)31(29,30)23-14-5-3-4-13(10-14)19(27)24-9-8-15(12-24)25-18(26)11-22-20(25)28/h1-7,10,15,23H,8-9,11-12H2,(H,22,28). The molecule has 2 aromatic rings. The van der Waals surface area contributed by atoms with Gasteiger partial charge in [-0.25, -0.2) is 17.6 Å². The minimum Gasteiger partial charge on any atom is -0.336 e. The number of hydrogen-bond acceptors (Lipinski definition) is 5. The van der Waals surface area contributed by atoms with Crippen LogP contribution in [0.1, 0.15) is 16.8 Å². The van der Waals surface area contributed by atoms with Crippen molar-refractivity contribution in [2.75, 3.05) is 24.4 Å². The third kappa shape index (κ3) is 4.08. The number of nitrogens with one attached hydrogen (secondary N) is 2. The van der Waals surface area contributed by atoms with Gasteiger partial charge in [-0.2, -0.15) is 0 Å². The van der Waals surface area contributed by atoms with Crippen LogP contribution < -0.4 is 10.0 Å². The Balaban J connectivity index is 1.48. The number of carbonyl (C=O) groups excluding carboxylic acids is 3. The Morgan fingerprint density at radius 3 is 2.61 bits per heavy atom. The Labute approximate surface area is 177 Å². The molecule has 1 atom stereocenters. The molecule has 0 spiro atoms. The molecule has 0 aromatic heterocycles. The fraction of sp³-hybridized carbons (Fsp3) is 0.250. The van der Waals surface area contributed by atoms with Gasteiger partial charge in [0.05, 0.1) is 12.6 Å². The molecule has 0 aliphatic carbocycles. The lowest BCUT2D eigenvalue weighted by Gasteiger charge is -2.21. The van der Waals surface area contributed by atoms with Crippen LogP contribution in [0.25, 0.3) is 0 Å². The van der Waals surface area contributed by atoms with Crippen LogP contribution in [0.15, 0.2) is 53.4 Å². The normalized spacial score (nSPS) is 18.9. The number of imide groups is 1. The molecule has 2 aliphatic rings. The third-order valence-corrected chi connectivity index (χ3v) is 6.60. The van der Waals surface area contributed by atoms with Gasteiger partial charge in [-0.1, -0.05) is 18.2 Å². The molecule has 162 valence electrons. The number of sulfonamides is 1. The molecule has 0 radical (unpaired) electrons. The van der Waals surface area contributed by atoms with Crippen LogP contribution >= 0.6 is 0 Å². The van der Waals surface area contributed by atoms with Crippen LogP contribution in [0.5, 0.6) is 0 Å². The summed E-state index contributed by atoms with van der Waals surface area (Å²) < 4.78 is 41.1. The molecule has 2 saturated heterocycles. The molecule has 2 N–H and O–H groups in total. The van der Waals surface area contributed by atoms with Crippen molar-refractivity contribution in [1.29, 1.82) is 0 Å². The highest BCUT2D eigenvalue weighted by atomic mass is 32.2. The lowest BCUT2D eigenvalue weighted by atomic mass is 10.2. The molecule has 31 heavy (non-hydrogen) atoms. The van der Waals surface area contributed by atoms with E-state index in [2.05, 4.69) is 10.0 Å². The van der Waals surface area contributed by atoms with Crippen molar-refractivity contribution in [3.8, 4) is 0 Å². The van der Waals surface area contributed by atoms with Gasteiger partial charge in [-0.05, 0) is 36.8 Å². The Morgan fingerprint density at radius 2 is 1.90 bits per heavy atom. The molecule has 4 rings (SSSR count). The number of amides is 4. The van der Waals surface area contributed by atoms with Crippen molar-refractivity contribution in [2.24, 2.45) is 0 Å². The largest absolute Gasteiger partial charge is 0.336 e. The molecule has 4 amide bonds. The Hall–Kier alpha value is -3.47. The highest BCUT2D eigenvalue weighted by molar-refractivity contribution is 7.92. The van der Waals surface area contributed by atoms with Crippen LogP contribution in [-0.4, -0.2) is 61.7 Å². The van der Waals surface area contributed by atoms with E-state index in [1.54, 1.807) is 0 Å². The van der Waals surface area contributed by atoms with Crippen molar-refractivity contribution in [1.82, 2.24) is 15.1 Å². The summed E-state index contributed by atoms with van der Waals surface area (Å²) in [6.45, 7) is 0.502. The predicted molar refractivity (Wildman–Crippen MR) is 108 cm³/mol. The van der Waals surface area contributed by atoms with E-state index in [-0.39, 0.29) is 36.2 Å². The smallest absolute Gasteiger partial charge is 0.324 e. The minimum absolute atomic E-state index is 0.0481. The summed E-state index contributed by atoms with van der Waals surface area (Å²) in [5.74, 6) is -1.57. The maximum Gasteiger partial charge on any atom is 0.324 e. The van der Waals surface area contributed by atoms with Gasteiger partial charge in [0.25, 0.3) is 15.9 Å².